The fraction of sp³-hybridized carbons (Fsp3) is 0.360. The smallest absolute Gasteiger partial charge is 0.247 e. The lowest BCUT2D eigenvalue weighted by molar-refractivity contribution is -0.122. The minimum Gasteiger partial charge on any atom is -0.330 e. The second kappa shape index (κ2) is 8.84. The van der Waals surface area contributed by atoms with E-state index in [1.54, 1.807) is 0 Å². The van der Waals surface area contributed by atoms with E-state index in [0.29, 0.717) is 0 Å². The summed E-state index contributed by atoms with van der Waals surface area (Å²) in [5.74, 6) is -0.00136. The molecule has 1 amide bonds. The summed E-state index contributed by atoms with van der Waals surface area (Å²) in [5, 5.41) is 3.15. The van der Waals surface area contributed by atoms with Gasteiger partial charge in [-0.1, -0.05) is 49.4 Å². The number of hydrogen-bond acceptors (Lipinski definition) is 3. The summed E-state index contributed by atoms with van der Waals surface area (Å²) in [6.07, 6.45) is 3.73. The number of carbonyl (C=O) groups is 1. The quantitative estimate of drug-likeness (QED) is 0.646. The van der Waals surface area contributed by atoms with Gasteiger partial charge in [-0.25, -0.2) is 4.98 Å². The average Bonchev–Trinajstić information content (AvgIpc) is 3.19. The summed E-state index contributed by atoms with van der Waals surface area (Å²) in [6, 6.07) is 18.4. The minimum absolute atomic E-state index is 0.00136. The lowest BCUT2D eigenvalue weighted by atomic mass is 9.99. The fourth-order valence-electron chi connectivity index (χ4n) is 4.18. The van der Waals surface area contributed by atoms with Crippen molar-refractivity contribution in [1.29, 1.82) is 0 Å². The standard InChI is InChI=1S/C25H30N4O/c1-4-19-10-12-21(13-11-19)27-25(30)24-23-22(26-17-29(23)18(2)3)14-15-28(24)16-20-8-6-5-7-9-20/h5-13,17-18,24H,4,14-16H2,1-3H3,(H,27,30)/t24-/m0/s1. The Morgan fingerprint density at radius 2 is 1.83 bits per heavy atom. The molecule has 156 valence electrons. The van der Waals surface area contributed by atoms with Crippen LogP contribution in [0, 0.1) is 0 Å². The molecule has 0 fully saturated rings. The number of anilines is 1. The van der Waals surface area contributed by atoms with Crippen molar-refractivity contribution < 1.29 is 4.79 Å². The highest BCUT2D eigenvalue weighted by Crippen LogP contribution is 2.33. The van der Waals surface area contributed by atoms with E-state index < -0.39 is 0 Å². The first kappa shape index (κ1) is 20.4. The Hall–Kier alpha value is -2.92. The number of benzene rings is 2. The van der Waals surface area contributed by atoms with Crippen LogP contribution in [0.4, 0.5) is 5.69 Å². The molecule has 5 heteroatoms. The molecule has 3 aromatic rings. The van der Waals surface area contributed by atoms with Gasteiger partial charge in [0.2, 0.25) is 5.91 Å². The summed E-state index contributed by atoms with van der Waals surface area (Å²) in [7, 11) is 0. The van der Waals surface area contributed by atoms with E-state index in [0.717, 1.165) is 43.0 Å². The predicted molar refractivity (Wildman–Crippen MR) is 120 cm³/mol. The van der Waals surface area contributed by atoms with Crippen LogP contribution >= 0.6 is 0 Å². The molecule has 0 saturated heterocycles. The van der Waals surface area contributed by atoms with Gasteiger partial charge in [-0.2, -0.15) is 0 Å². The SMILES string of the molecule is CCc1ccc(NC(=O)[C@@H]2c3c(ncn3C(C)C)CCN2Cc2ccccc2)cc1. The zero-order valence-corrected chi connectivity index (χ0v) is 18.0. The van der Waals surface area contributed by atoms with Crippen LogP contribution in [0.25, 0.3) is 0 Å². The molecule has 1 aliphatic heterocycles. The number of amides is 1. The molecule has 1 N–H and O–H groups in total. The Morgan fingerprint density at radius 1 is 1.10 bits per heavy atom. The third kappa shape index (κ3) is 4.17. The first-order chi connectivity index (χ1) is 14.6. The molecule has 0 unspecified atom stereocenters. The topological polar surface area (TPSA) is 50.2 Å². The number of carbonyl (C=O) groups excluding carboxylic acids is 1. The molecule has 0 aliphatic carbocycles. The Labute approximate surface area is 178 Å². The van der Waals surface area contributed by atoms with E-state index in [-0.39, 0.29) is 18.0 Å². The second-order valence-electron chi connectivity index (χ2n) is 8.23. The molecule has 1 aliphatic rings. The van der Waals surface area contributed by atoms with Gasteiger partial charge in [0.1, 0.15) is 6.04 Å². The van der Waals surface area contributed by atoms with E-state index in [2.05, 4.69) is 64.8 Å². The van der Waals surface area contributed by atoms with Gasteiger partial charge in [-0.3, -0.25) is 9.69 Å². The predicted octanol–water partition coefficient (Wildman–Crippen LogP) is 4.76. The molecule has 0 spiro atoms. The van der Waals surface area contributed by atoms with Crippen molar-refractivity contribution in [2.75, 3.05) is 11.9 Å². The van der Waals surface area contributed by atoms with Crippen LogP contribution in [0.1, 0.15) is 55.4 Å². The molecule has 30 heavy (non-hydrogen) atoms. The Balaban J connectivity index is 1.66. The Bertz CT molecular complexity index is 992. The molecular weight excluding hydrogens is 372 g/mol. The monoisotopic (exact) mass is 402 g/mol. The third-order valence-electron chi connectivity index (χ3n) is 5.83. The number of nitrogens with one attached hydrogen (secondary N) is 1. The first-order valence-electron chi connectivity index (χ1n) is 10.8. The van der Waals surface area contributed by atoms with Gasteiger partial charge < -0.3 is 9.88 Å². The van der Waals surface area contributed by atoms with Crippen molar-refractivity contribution in [3.05, 3.63) is 83.4 Å². The summed E-state index contributed by atoms with van der Waals surface area (Å²) in [6.45, 7) is 7.94. The normalized spacial score (nSPS) is 16.5. The van der Waals surface area contributed by atoms with E-state index in [1.165, 1.54) is 11.1 Å². The molecule has 0 radical (unpaired) electrons. The molecule has 0 bridgehead atoms. The maximum Gasteiger partial charge on any atom is 0.247 e. The molecule has 2 heterocycles. The zero-order chi connectivity index (χ0) is 21.1. The Kier molecular flexibility index (Phi) is 6.00. The fourth-order valence-corrected chi connectivity index (χ4v) is 4.18. The first-order valence-corrected chi connectivity index (χ1v) is 10.8. The van der Waals surface area contributed by atoms with Gasteiger partial charge >= 0.3 is 0 Å². The molecule has 0 saturated carbocycles. The second-order valence-corrected chi connectivity index (χ2v) is 8.23. The van der Waals surface area contributed by atoms with E-state index in [9.17, 15) is 4.79 Å². The van der Waals surface area contributed by atoms with Gasteiger partial charge in [0, 0.05) is 31.2 Å². The van der Waals surface area contributed by atoms with Gasteiger partial charge in [-0.15, -0.1) is 0 Å². The highest BCUT2D eigenvalue weighted by molar-refractivity contribution is 5.95. The van der Waals surface area contributed by atoms with Crippen LogP contribution in [-0.4, -0.2) is 26.9 Å². The van der Waals surface area contributed by atoms with Crippen molar-refractivity contribution in [1.82, 2.24) is 14.5 Å². The number of hydrogen-bond donors (Lipinski definition) is 1. The molecule has 1 atom stereocenters. The van der Waals surface area contributed by atoms with Gasteiger partial charge in [0.25, 0.3) is 0 Å². The van der Waals surface area contributed by atoms with Crippen molar-refractivity contribution in [3.63, 3.8) is 0 Å². The highest BCUT2D eigenvalue weighted by atomic mass is 16.2. The van der Waals surface area contributed by atoms with Crippen LogP contribution in [0.2, 0.25) is 0 Å². The maximum absolute atomic E-state index is 13.6. The van der Waals surface area contributed by atoms with E-state index in [1.807, 2.05) is 36.7 Å². The van der Waals surface area contributed by atoms with Crippen LogP contribution in [-0.2, 0) is 24.2 Å². The molecule has 4 rings (SSSR count). The summed E-state index contributed by atoms with van der Waals surface area (Å²) in [5.41, 5.74) is 5.36. The largest absolute Gasteiger partial charge is 0.330 e. The third-order valence-corrected chi connectivity index (χ3v) is 5.83. The maximum atomic E-state index is 13.6. The number of aromatic nitrogens is 2. The number of nitrogens with zero attached hydrogens (tertiary/aromatic N) is 3. The average molecular weight is 403 g/mol. The van der Waals surface area contributed by atoms with Crippen molar-refractivity contribution in [2.24, 2.45) is 0 Å². The van der Waals surface area contributed by atoms with Crippen LogP contribution in [0.3, 0.4) is 0 Å². The molecular formula is C25H30N4O. The Morgan fingerprint density at radius 3 is 2.50 bits per heavy atom. The van der Waals surface area contributed by atoms with E-state index >= 15 is 0 Å². The highest BCUT2D eigenvalue weighted by Gasteiger charge is 2.37. The lowest BCUT2D eigenvalue weighted by Crippen LogP contribution is -2.42. The summed E-state index contributed by atoms with van der Waals surface area (Å²) in [4.78, 5) is 20.5. The van der Waals surface area contributed by atoms with Crippen LogP contribution in [0.15, 0.2) is 60.9 Å². The van der Waals surface area contributed by atoms with E-state index in [4.69, 9.17) is 0 Å². The number of fused-ring (bicyclic) bond motifs is 1. The van der Waals surface area contributed by atoms with Crippen molar-refractivity contribution in [2.45, 2.75) is 52.2 Å². The minimum atomic E-state index is -0.371. The summed E-state index contributed by atoms with van der Waals surface area (Å²) >= 11 is 0. The molecule has 2 aromatic carbocycles. The van der Waals surface area contributed by atoms with Gasteiger partial charge in [0.15, 0.2) is 0 Å². The van der Waals surface area contributed by atoms with Gasteiger partial charge in [-0.05, 0) is 43.5 Å². The number of imidazole rings is 1. The van der Waals surface area contributed by atoms with Gasteiger partial charge in [0.05, 0.1) is 17.7 Å². The number of rotatable bonds is 6. The molecule has 1 aromatic heterocycles. The van der Waals surface area contributed by atoms with Crippen LogP contribution < -0.4 is 5.32 Å². The zero-order valence-electron chi connectivity index (χ0n) is 18.0. The summed E-state index contributed by atoms with van der Waals surface area (Å²) < 4.78 is 2.15. The van der Waals surface area contributed by atoms with Crippen molar-refractivity contribution >= 4 is 11.6 Å². The lowest BCUT2D eigenvalue weighted by Gasteiger charge is -2.36. The van der Waals surface area contributed by atoms with Crippen molar-refractivity contribution in [3.8, 4) is 0 Å². The van der Waals surface area contributed by atoms with Crippen LogP contribution in [0.5, 0.6) is 0 Å². The molecule has 5 nitrogen and oxygen atoms in total. The number of aryl methyl sites for hydroxylation is 1.